The molecule has 0 spiro atoms. The molecule has 0 aliphatic rings. The Kier molecular flexibility index (Phi) is 4.22. The number of nitrogen functional groups attached to an aromatic ring is 1. The Morgan fingerprint density at radius 2 is 2.11 bits per heavy atom. The summed E-state index contributed by atoms with van der Waals surface area (Å²) in [5.74, 6) is -0.340. The quantitative estimate of drug-likeness (QED) is 0.870. The maximum atomic E-state index is 11.7. The second kappa shape index (κ2) is 5.89. The van der Waals surface area contributed by atoms with Gasteiger partial charge in [-0.25, -0.2) is 4.79 Å². The molecule has 0 amide bonds. The van der Waals surface area contributed by atoms with E-state index < -0.39 is 0 Å². The number of hydrogen-bond acceptors (Lipinski definition) is 4. The van der Waals surface area contributed by atoms with Gasteiger partial charge in [0, 0.05) is 11.3 Å². The lowest BCUT2D eigenvalue weighted by atomic mass is 10.0. The van der Waals surface area contributed by atoms with E-state index in [9.17, 15) is 4.79 Å². The Balaban J connectivity index is 2.21. The molecule has 100 valence electrons. The van der Waals surface area contributed by atoms with Gasteiger partial charge in [0.05, 0.1) is 12.2 Å². The van der Waals surface area contributed by atoms with Gasteiger partial charge in [-0.15, -0.1) is 11.3 Å². The van der Waals surface area contributed by atoms with Gasteiger partial charge in [0.2, 0.25) is 0 Å². The fraction of sp³-hybridized carbons (Fsp3) is 0.267. The van der Waals surface area contributed by atoms with Gasteiger partial charge in [-0.2, -0.15) is 0 Å². The van der Waals surface area contributed by atoms with Crippen LogP contribution in [0.25, 0.3) is 0 Å². The van der Waals surface area contributed by atoms with Crippen LogP contribution in [-0.2, 0) is 11.2 Å². The molecule has 2 N–H and O–H groups in total. The fourth-order valence-electron chi connectivity index (χ4n) is 1.91. The number of ether oxygens (including phenoxy) is 1. The van der Waals surface area contributed by atoms with E-state index in [4.69, 9.17) is 10.5 Å². The molecule has 0 saturated carbocycles. The number of aryl methyl sites for hydroxylation is 1. The van der Waals surface area contributed by atoms with Crippen LogP contribution in [0.4, 0.5) is 5.00 Å². The third kappa shape index (κ3) is 3.15. The SMILES string of the molecule is CCOC(=O)c1cc(Cc2ccccc2C)sc1N. The molecule has 0 atom stereocenters. The number of esters is 1. The number of hydrogen-bond donors (Lipinski definition) is 1. The zero-order chi connectivity index (χ0) is 13.8. The standard InChI is InChI=1S/C15H17NO2S/c1-3-18-15(17)13-9-12(19-14(13)16)8-11-7-5-4-6-10(11)2/h4-7,9H,3,8,16H2,1-2H3. The summed E-state index contributed by atoms with van der Waals surface area (Å²) in [5, 5.41) is 0.530. The van der Waals surface area contributed by atoms with Crippen LogP contribution in [0.5, 0.6) is 0 Å². The van der Waals surface area contributed by atoms with Crippen molar-refractivity contribution < 1.29 is 9.53 Å². The molecule has 2 aromatic rings. The number of anilines is 1. The third-order valence-corrected chi connectivity index (χ3v) is 3.90. The molecule has 0 unspecified atom stereocenters. The van der Waals surface area contributed by atoms with Gasteiger partial charge >= 0.3 is 5.97 Å². The summed E-state index contributed by atoms with van der Waals surface area (Å²) >= 11 is 1.45. The zero-order valence-corrected chi connectivity index (χ0v) is 11.9. The molecule has 1 aromatic carbocycles. The lowest BCUT2D eigenvalue weighted by Crippen LogP contribution is -2.05. The highest BCUT2D eigenvalue weighted by Crippen LogP contribution is 2.28. The second-order valence-electron chi connectivity index (χ2n) is 4.31. The normalized spacial score (nSPS) is 10.4. The van der Waals surface area contributed by atoms with E-state index in [0.29, 0.717) is 17.2 Å². The van der Waals surface area contributed by atoms with Crippen molar-refractivity contribution in [3.05, 3.63) is 51.9 Å². The maximum Gasteiger partial charge on any atom is 0.341 e. The average molecular weight is 275 g/mol. The van der Waals surface area contributed by atoms with Crippen molar-refractivity contribution in [2.45, 2.75) is 20.3 Å². The molecule has 3 nitrogen and oxygen atoms in total. The predicted octanol–water partition coefficient (Wildman–Crippen LogP) is 3.41. The number of carbonyl (C=O) groups excluding carboxylic acids is 1. The van der Waals surface area contributed by atoms with Crippen LogP contribution in [-0.4, -0.2) is 12.6 Å². The number of thiophene rings is 1. The molecular weight excluding hydrogens is 258 g/mol. The van der Waals surface area contributed by atoms with Gasteiger partial charge in [0.25, 0.3) is 0 Å². The summed E-state index contributed by atoms with van der Waals surface area (Å²) in [6, 6.07) is 10.1. The smallest absolute Gasteiger partial charge is 0.341 e. The Morgan fingerprint density at radius 3 is 2.79 bits per heavy atom. The zero-order valence-electron chi connectivity index (χ0n) is 11.1. The minimum atomic E-state index is -0.340. The van der Waals surface area contributed by atoms with Gasteiger partial charge in [-0.05, 0) is 31.0 Å². The van der Waals surface area contributed by atoms with Crippen molar-refractivity contribution in [2.75, 3.05) is 12.3 Å². The molecule has 0 saturated heterocycles. The number of carbonyl (C=O) groups is 1. The molecule has 2 rings (SSSR count). The predicted molar refractivity (Wildman–Crippen MR) is 78.7 cm³/mol. The maximum absolute atomic E-state index is 11.7. The van der Waals surface area contributed by atoms with E-state index in [2.05, 4.69) is 19.1 Å². The largest absolute Gasteiger partial charge is 0.462 e. The first kappa shape index (κ1) is 13.6. The molecule has 1 aromatic heterocycles. The molecule has 1 heterocycles. The van der Waals surface area contributed by atoms with Crippen LogP contribution in [0.1, 0.15) is 33.3 Å². The second-order valence-corrected chi connectivity index (χ2v) is 5.48. The molecule has 0 fully saturated rings. The van der Waals surface area contributed by atoms with Crippen LogP contribution in [0, 0.1) is 6.92 Å². The van der Waals surface area contributed by atoms with Crippen LogP contribution < -0.4 is 5.73 Å². The molecule has 0 bridgehead atoms. The Labute approximate surface area is 117 Å². The Morgan fingerprint density at radius 1 is 1.37 bits per heavy atom. The minimum Gasteiger partial charge on any atom is -0.462 e. The lowest BCUT2D eigenvalue weighted by molar-refractivity contribution is 0.0528. The first-order valence-electron chi connectivity index (χ1n) is 6.21. The summed E-state index contributed by atoms with van der Waals surface area (Å²) in [6.07, 6.45) is 0.793. The van der Waals surface area contributed by atoms with Gasteiger partial charge in [-0.3, -0.25) is 0 Å². The Bertz CT molecular complexity index is 590. The van der Waals surface area contributed by atoms with Gasteiger partial charge in [-0.1, -0.05) is 24.3 Å². The van der Waals surface area contributed by atoms with E-state index in [0.717, 1.165) is 11.3 Å². The van der Waals surface area contributed by atoms with Gasteiger partial charge in [0.15, 0.2) is 0 Å². The van der Waals surface area contributed by atoms with Crippen LogP contribution in [0.15, 0.2) is 30.3 Å². The molecular formula is C15H17NO2S. The number of rotatable bonds is 4. The first-order chi connectivity index (χ1) is 9.11. The summed E-state index contributed by atoms with van der Waals surface area (Å²) < 4.78 is 4.98. The van der Waals surface area contributed by atoms with Crippen LogP contribution in [0.2, 0.25) is 0 Å². The van der Waals surface area contributed by atoms with Crippen LogP contribution >= 0.6 is 11.3 Å². The van der Waals surface area contributed by atoms with Crippen molar-refractivity contribution >= 4 is 22.3 Å². The molecule has 4 heteroatoms. The van der Waals surface area contributed by atoms with Gasteiger partial charge < -0.3 is 10.5 Å². The summed E-state index contributed by atoms with van der Waals surface area (Å²) in [7, 11) is 0. The van der Waals surface area contributed by atoms with E-state index in [1.54, 1.807) is 6.92 Å². The van der Waals surface area contributed by atoms with E-state index in [1.165, 1.54) is 22.5 Å². The number of nitrogens with two attached hydrogens (primary N) is 1. The summed E-state index contributed by atoms with van der Waals surface area (Å²) in [6.45, 7) is 4.23. The van der Waals surface area contributed by atoms with Crippen LogP contribution in [0.3, 0.4) is 0 Å². The molecule has 0 aliphatic heterocycles. The number of benzene rings is 1. The van der Waals surface area contributed by atoms with Crippen molar-refractivity contribution in [3.63, 3.8) is 0 Å². The first-order valence-corrected chi connectivity index (χ1v) is 7.03. The van der Waals surface area contributed by atoms with Crippen molar-refractivity contribution in [3.8, 4) is 0 Å². The van der Waals surface area contributed by atoms with E-state index in [-0.39, 0.29) is 5.97 Å². The van der Waals surface area contributed by atoms with Crippen molar-refractivity contribution in [1.82, 2.24) is 0 Å². The summed E-state index contributed by atoms with van der Waals surface area (Å²) in [4.78, 5) is 12.8. The highest BCUT2D eigenvalue weighted by Gasteiger charge is 2.15. The highest BCUT2D eigenvalue weighted by atomic mass is 32.1. The minimum absolute atomic E-state index is 0.340. The fourth-order valence-corrected chi connectivity index (χ4v) is 2.85. The topological polar surface area (TPSA) is 52.3 Å². The van der Waals surface area contributed by atoms with E-state index >= 15 is 0 Å². The molecule has 0 aliphatic carbocycles. The molecule has 0 radical (unpaired) electrons. The average Bonchev–Trinajstić information content (AvgIpc) is 2.74. The lowest BCUT2D eigenvalue weighted by Gasteiger charge is -2.02. The summed E-state index contributed by atoms with van der Waals surface area (Å²) in [5.41, 5.74) is 8.86. The van der Waals surface area contributed by atoms with Crippen molar-refractivity contribution in [2.24, 2.45) is 0 Å². The van der Waals surface area contributed by atoms with Crippen molar-refractivity contribution in [1.29, 1.82) is 0 Å². The Hall–Kier alpha value is -1.81. The highest BCUT2D eigenvalue weighted by molar-refractivity contribution is 7.16. The van der Waals surface area contributed by atoms with Gasteiger partial charge in [0.1, 0.15) is 5.00 Å². The third-order valence-electron chi connectivity index (χ3n) is 2.93. The van der Waals surface area contributed by atoms with E-state index in [1.807, 2.05) is 18.2 Å². The monoisotopic (exact) mass is 275 g/mol. The molecule has 19 heavy (non-hydrogen) atoms.